The van der Waals surface area contributed by atoms with Crippen LogP contribution in [0.15, 0.2) is 38.2 Å². The first-order chi connectivity index (χ1) is 8.46. The third-order valence-corrected chi connectivity index (χ3v) is 1.29. The third kappa shape index (κ3) is 6.86. The highest BCUT2D eigenvalue weighted by Crippen LogP contribution is 1.92. The molecule has 0 aliphatic carbocycles. The average molecular weight is 259 g/mol. The lowest BCUT2D eigenvalue weighted by atomic mass is 10.2. The zero-order chi connectivity index (χ0) is 14.0. The Kier molecular flexibility index (Phi) is 7.39. The Morgan fingerprint density at radius 2 is 1.50 bits per heavy atom. The smallest absolute Gasteiger partial charge is 0.335 e. The molecule has 1 aliphatic heterocycles. The molecule has 1 rings (SSSR count). The summed E-state index contributed by atoms with van der Waals surface area (Å²) in [6.45, 7) is 0. The van der Waals surface area contributed by atoms with Gasteiger partial charge >= 0.3 is 11.9 Å². The standard InChI is InChI=1S/C4H6O6.C3H3N5/c5-1(3(7)8)2(6)4(9)10;1-2-4-6-8-7-5-3-1/h1-2,5-6H,(H,7,8)(H,9,10);1-3H/b;2-1?,3-1?,4-2?,5-3?,6-4?,7-5?,8-6-,8-7?. The molecule has 0 amide bonds. The zero-order valence-electron chi connectivity index (χ0n) is 8.73. The molecule has 0 saturated carbocycles. The first kappa shape index (κ1) is 15.5. The second-order valence-electron chi connectivity index (χ2n) is 2.56. The highest BCUT2D eigenvalue weighted by atomic mass is 16.4. The van der Waals surface area contributed by atoms with Gasteiger partial charge in [0.25, 0.3) is 0 Å². The van der Waals surface area contributed by atoms with E-state index in [-0.39, 0.29) is 0 Å². The number of aliphatic hydroxyl groups excluding tert-OH is 2. The maximum absolute atomic E-state index is 9.77. The SMILES string of the molecule is C1=CN=N/N=N\N=C1.O=C(O)C(O)C(O)C(=O)O. The van der Waals surface area contributed by atoms with Gasteiger partial charge in [-0.25, -0.2) is 9.59 Å². The average Bonchev–Trinajstić information content (AvgIpc) is 2.26. The molecule has 11 heteroatoms. The predicted octanol–water partition coefficient (Wildman–Crippen LogP) is -0.804. The van der Waals surface area contributed by atoms with Crippen LogP contribution in [-0.4, -0.2) is 50.8 Å². The number of hydrogen-bond donors (Lipinski definition) is 4. The van der Waals surface area contributed by atoms with E-state index >= 15 is 0 Å². The number of allylic oxidation sites excluding steroid dienone is 1. The van der Waals surface area contributed by atoms with Gasteiger partial charge in [-0.3, -0.25) is 0 Å². The van der Waals surface area contributed by atoms with Gasteiger partial charge in [-0.15, -0.1) is 10.2 Å². The summed E-state index contributed by atoms with van der Waals surface area (Å²) in [5, 5.41) is 49.0. The van der Waals surface area contributed by atoms with E-state index in [0.29, 0.717) is 0 Å². The summed E-state index contributed by atoms with van der Waals surface area (Å²) >= 11 is 0. The Hall–Kier alpha value is -2.53. The van der Waals surface area contributed by atoms with Crippen LogP contribution in [0.3, 0.4) is 0 Å². The maximum Gasteiger partial charge on any atom is 0.335 e. The molecule has 2 atom stereocenters. The van der Waals surface area contributed by atoms with Gasteiger partial charge in [-0.1, -0.05) is 0 Å². The fourth-order valence-electron chi connectivity index (χ4n) is 0.509. The number of rotatable bonds is 3. The molecule has 0 radical (unpaired) electrons. The van der Waals surface area contributed by atoms with E-state index in [9.17, 15) is 9.59 Å². The number of aliphatic carboxylic acids is 2. The van der Waals surface area contributed by atoms with Crippen LogP contribution in [-0.2, 0) is 9.59 Å². The third-order valence-electron chi connectivity index (χ3n) is 1.29. The number of carbonyl (C=O) groups is 2. The number of hydrogen-bond acceptors (Lipinski definition) is 9. The van der Waals surface area contributed by atoms with Crippen molar-refractivity contribution in [3.05, 3.63) is 12.3 Å². The van der Waals surface area contributed by atoms with Crippen molar-refractivity contribution in [2.24, 2.45) is 25.9 Å². The summed E-state index contributed by atoms with van der Waals surface area (Å²) in [5.41, 5.74) is 0. The van der Waals surface area contributed by atoms with Crippen molar-refractivity contribution in [2.45, 2.75) is 12.2 Å². The first-order valence-corrected chi connectivity index (χ1v) is 4.27. The van der Waals surface area contributed by atoms with Gasteiger partial charge in [-0.05, 0) is 21.7 Å². The maximum atomic E-state index is 9.77. The van der Waals surface area contributed by atoms with Crippen LogP contribution in [0, 0.1) is 0 Å². The Balaban J connectivity index is 0.000000327. The van der Waals surface area contributed by atoms with Crippen LogP contribution in [0.5, 0.6) is 0 Å². The minimum atomic E-state index is -2.27. The van der Waals surface area contributed by atoms with E-state index < -0.39 is 24.1 Å². The summed E-state index contributed by atoms with van der Waals surface area (Å²) in [5.74, 6) is -3.54. The van der Waals surface area contributed by atoms with Crippen LogP contribution in [0.25, 0.3) is 0 Å². The molecule has 0 aromatic carbocycles. The summed E-state index contributed by atoms with van der Waals surface area (Å²) in [7, 11) is 0. The van der Waals surface area contributed by atoms with Crippen LogP contribution < -0.4 is 0 Å². The summed E-state index contributed by atoms with van der Waals surface area (Å²) in [6, 6.07) is 0. The van der Waals surface area contributed by atoms with Gasteiger partial charge in [-0.2, -0.15) is 0 Å². The van der Waals surface area contributed by atoms with Crippen LogP contribution in [0.4, 0.5) is 0 Å². The summed E-state index contributed by atoms with van der Waals surface area (Å²) in [6.07, 6.45) is 0.0281. The molecule has 1 aliphatic rings. The highest BCUT2D eigenvalue weighted by Gasteiger charge is 2.29. The molecular weight excluding hydrogens is 250 g/mol. The Bertz CT molecular complexity index is 329. The Morgan fingerprint density at radius 1 is 0.944 bits per heavy atom. The second kappa shape index (κ2) is 8.60. The van der Waals surface area contributed by atoms with Crippen molar-refractivity contribution in [3.8, 4) is 0 Å². The lowest BCUT2D eigenvalue weighted by Crippen LogP contribution is -2.39. The fraction of sp³-hybridized carbons (Fsp3) is 0.286. The van der Waals surface area contributed by atoms with E-state index in [4.69, 9.17) is 20.4 Å². The summed E-state index contributed by atoms with van der Waals surface area (Å²) < 4.78 is 0. The molecule has 2 unspecified atom stereocenters. The van der Waals surface area contributed by atoms with Crippen LogP contribution in [0.2, 0.25) is 0 Å². The molecule has 98 valence electrons. The molecule has 11 nitrogen and oxygen atoms in total. The summed E-state index contributed by atoms with van der Waals surface area (Å²) in [4.78, 5) is 19.5. The van der Waals surface area contributed by atoms with E-state index in [0.717, 1.165) is 0 Å². The second-order valence-corrected chi connectivity index (χ2v) is 2.56. The monoisotopic (exact) mass is 259 g/mol. The number of carboxylic acids is 2. The molecule has 0 saturated heterocycles. The molecule has 0 spiro atoms. The van der Waals surface area contributed by atoms with Gasteiger partial charge in [0.2, 0.25) is 0 Å². The predicted molar refractivity (Wildman–Crippen MR) is 54.6 cm³/mol. The minimum Gasteiger partial charge on any atom is -0.479 e. The normalized spacial score (nSPS) is 17.7. The van der Waals surface area contributed by atoms with Gasteiger partial charge in [0.15, 0.2) is 12.2 Å². The van der Waals surface area contributed by atoms with Crippen molar-refractivity contribution >= 4 is 18.2 Å². The van der Waals surface area contributed by atoms with Crippen molar-refractivity contribution in [3.63, 3.8) is 0 Å². The topological polar surface area (TPSA) is 177 Å². The Morgan fingerprint density at radius 3 is 2.00 bits per heavy atom. The van der Waals surface area contributed by atoms with E-state index in [1.54, 1.807) is 6.08 Å². The first-order valence-electron chi connectivity index (χ1n) is 4.27. The van der Waals surface area contributed by atoms with Gasteiger partial charge in [0, 0.05) is 0 Å². The van der Waals surface area contributed by atoms with E-state index in [2.05, 4.69) is 25.9 Å². The largest absolute Gasteiger partial charge is 0.479 e. The Labute approximate surface area is 99.5 Å². The lowest BCUT2D eigenvalue weighted by molar-refractivity contribution is -0.165. The molecule has 0 aromatic rings. The molecular formula is C7H9N5O6. The van der Waals surface area contributed by atoms with Crippen molar-refractivity contribution in [2.75, 3.05) is 0 Å². The van der Waals surface area contributed by atoms with Crippen molar-refractivity contribution in [1.29, 1.82) is 0 Å². The van der Waals surface area contributed by atoms with Gasteiger partial charge in [0.1, 0.15) is 0 Å². The fourth-order valence-corrected chi connectivity index (χ4v) is 0.509. The highest BCUT2D eigenvalue weighted by molar-refractivity contribution is 5.83. The van der Waals surface area contributed by atoms with E-state index in [1.165, 1.54) is 12.4 Å². The number of aliphatic hydroxyl groups is 2. The molecule has 0 aromatic heterocycles. The van der Waals surface area contributed by atoms with Gasteiger partial charge in [0.05, 0.1) is 12.4 Å². The molecule has 18 heavy (non-hydrogen) atoms. The quantitative estimate of drug-likeness (QED) is 0.515. The minimum absolute atomic E-state index is 1.47. The van der Waals surface area contributed by atoms with Crippen LogP contribution in [0.1, 0.15) is 0 Å². The molecule has 1 heterocycles. The number of carboxylic acid groups (broad SMARTS) is 2. The van der Waals surface area contributed by atoms with E-state index in [1.807, 2.05) is 0 Å². The van der Waals surface area contributed by atoms with Gasteiger partial charge < -0.3 is 20.4 Å². The number of nitrogens with zero attached hydrogens (tertiary/aromatic N) is 5. The van der Waals surface area contributed by atoms with Crippen LogP contribution >= 0.6 is 0 Å². The van der Waals surface area contributed by atoms with Crippen molar-refractivity contribution < 1.29 is 30.0 Å². The molecule has 4 N–H and O–H groups in total. The molecule has 0 fully saturated rings. The lowest BCUT2D eigenvalue weighted by Gasteiger charge is -2.07. The molecule has 0 bridgehead atoms. The van der Waals surface area contributed by atoms with Crippen molar-refractivity contribution in [1.82, 2.24) is 0 Å². The zero-order valence-corrected chi connectivity index (χ0v) is 8.73.